The molecule has 9 nitrogen and oxygen atoms in total. The molecular weight excluding hydrogens is 562 g/mol. The molecule has 39 heavy (non-hydrogen) atoms. The maximum Gasteiger partial charge on any atom is 0.330 e. The minimum atomic E-state index is -0.578. The van der Waals surface area contributed by atoms with Crippen molar-refractivity contribution in [2.75, 3.05) is 44.0 Å². The van der Waals surface area contributed by atoms with Crippen LogP contribution in [-0.2, 0) is 14.3 Å². The number of amides is 1. The van der Waals surface area contributed by atoms with E-state index in [4.69, 9.17) is 9.47 Å². The molecule has 1 fully saturated rings. The topological polar surface area (TPSA) is 106 Å². The van der Waals surface area contributed by atoms with Gasteiger partial charge in [0.05, 0.1) is 24.4 Å². The van der Waals surface area contributed by atoms with Crippen LogP contribution in [0.3, 0.4) is 0 Å². The fraction of sp³-hybridized carbons (Fsp3) is 0.379. The van der Waals surface area contributed by atoms with Crippen LogP contribution in [-0.4, -0.2) is 60.1 Å². The molecule has 0 saturated carbocycles. The number of likely N-dealkylation sites (tertiary alicyclic amines) is 1. The molecule has 0 spiro atoms. The van der Waals surface area contributed by atoms with Crippen molar-refractivity contribution in [2.45, 2.75) is 32.6 Å². The molecule has 0 atom stereocenters. The van der Waals surface area contributed by atoms with Crippen LogP contribution in [0.25, 0.3) is 10.9 Å². The summed E-state index contributed by atoms with van der Waals surface area (Å²) in [6.07, 6.45) is 8.19. The summed E-state index contributed by atoms with van der Waals surface area (Å²) >= 11 is 3.49. The number of rotatable bonds is 11. The molecule has 2 aromatic carbocycles. The molecular formula is C29H34BrN5O4. The molecule has 0 unspecified atom stereocenters. The first kappa shape index (κ1) is 28.5. The number of nitrogens with one attached hydrogen (secondary N) is 2. The molecule has 0 aliphatic carbocycles. The number of fused-ring (bicyclic) bond motifs is 1. The molecule has 0 radical (unpaired) electrons. The van der Waals surface area contributed by atoms with Gasteiger partial charge in [-0.3, -0.25) is 4.79 Å². The Morgan fingerprint density at radius 3 is 2.74 bits per heavy atom. The van der Waals surface area contributed by atoms with Crippen molar-refractivity contribution in [2.24, 2.45) is 5.92 Å². The van der Waals surface area contributed by atoms with Crippen molar-refractivity contribution in [3.8, 4) is 5.75 Å². The first-order valence-electron chi connectivity index (χ1n) is 13.2. The molecule has 10 heteroatoms. The van der Waals surface area contributed by atoms with Gasteiger partial charge in [-0.2, -0.15) is 0 Å². The van der Waals surface area contributed by atoms with E-state index in [1.165, 1.54) is 19.2 Å². The van der Waals surface area contributed by atoms with Gasteiger partial charge in [0.1, 0.15) is 17.9 Å². The first-order valence-corrected chi connectivity index (χ1v) is 14.0. The second kappa shape index (κ2) is 14.0. The number of hydrogen-bond acceptors (Lipinski definition) is 8. The fourth-order valence-corrected chi connectivity index (χ4v) is 4.92. The maximum absolute atomic E-state index is 12.7. The summed E-state index contributed by atoms with van der Waals surface area (Å²) in [5.41, 5.74) is 1.99. The monoisotopic (exact) mass is 595 g/mol. The van der Waals surface area contributed by atoms with Gasteiger partial charge in [-0.25, -0.2) is 14.8 Å². The number of esters is 1. The normalized spacial score (nSPS) is 14.4. The molecule has 1 aliphatic rings. The van der Waals surface area contributed by atoms with Crippen molar-refractivity contribution in [3.63, 3.8) is 0 Å². The Morgan fingerprint density at radius 1 is 1.15 bits per heavy atom. The lowest BCUT2D eigenvalue weighted by atomic mass is 9.93. The summed E-state index contributed by atoms with van der Waals surface area (Å²) in [5, 5.41) is 6.87. The minimum Gasteiger partial charge on any atom is -0.491 e. The van der Waals surface area contributed by atoms with Gasteiger partial charge in [-0.1, -0.05) is 22.0 Å². The Balaban J connectivity index is 1.54. The van der Waals surface area contributed by atoms with Gasteiger partial charge in [0.2, 0.25) is 5.91 Å². The largest absolute Gasteiger partial charge is 0.491 e. The molecule has 3 aromatic rings. The number of carbonyl (C=O) groups is 2. The standard InChI is InChI=1S/C29H34BrN5O4/c1-3-38-28(37)10-9-27(36)34-25-17-23-24(31-19-32-29(23)33-22-8-4-7-21(30)16-22)18-26(25)39-15-5-6-20-11-13-35(2)14-12-20/h4,7-10,16-20H,3,5-6,11-15H2,1-2H3,(H,34,36)(H,31,32,33). The van der Waals surface area contributed by atoms with E-state index >= 15 is 0 Å². The third kappa shape index (κ3) is 8.49. The average molecular weight is 597 g/mol. The van der Waals surface area contributed by atoms with Crippen molar-refractivity contribution < 1.29 is 19.1 Å². The van der Waals surface area contributed by atoms with Crippen molar-refractivity contribution in [3.05, 3.63) is 59.4 Å². The molecule has 1 saturated heterocycles. The van der Waals surface area contributed by atoms with Gasteiger partial charge in [-0.05, 0) is 82.9 Å². The minimum absolute atomic E-state index is 0.235. The van der Waals surface area contributed by atoms with Crippen LogP contribution in [0.1, 0.15) is 32.6 Å². The van der Waals surface area contributed by atoms with Gasteiger partial charge in [-0.15, -0.1) is 0 Å². The van der Waals surface area contributed by atoms with E-state index in [1.807, 2.05) is 30.3 Å². The fourth-order valence-electron chi connectivity index (χ4n) is 4.52. The molecule has 0 bridgehead atoms. The van der Waals surface area contributed by atoms with E-state index in [-0.39, 0.29) is 6.61 Å². The van der Waals surface area contributed by atoms with Gasteiger partial charge in [0, 0.05) is 33.8 Å². The second-order valence-corrected chi connectivity index (χ2v) is 10.5. The van der Waals surface area contributed by atoms with Gasteiger partial charge >= 0.3 is 5.97 Å². The number of carbonyl (C=O) groups excluding carboxylic acids is 2. The van der Waals surface area contributed by atoms with Gasteiger partial charge in [0.25, 0.3) is 0 Å². The zero-order valence-electron chi connectivity index (χ0n) is 22.3. The lowest BCUT2D eigenvalue weighted by Crippen LogP contribution is -2.30. The lowest BCUT2D eigenvalue weighted by Gasteiger charge is -2.28. The highest BCUT2D eigenvalue weighted by atomic mass is 79.9. The quantitative estimate of drug-likeness (QED) is 0.165. The average Bonchev–Trinajstić information content (AvgIpc) is 2.92. The van der Waals surface area contributed by atoms with Crippen LogP contribution >= 0.6 is 15.9 Å². The number of hydrogen-bond donors (Lipinski definition) is 2. The SMILES string of the molecule is CCOC(=O)C=CC(=O)Nc1cc2c(Nc3cccc(Br)c3)ncnc2cc1OCCCC1CCN(C)CC1. The molecule has 1 aliphatic heterocycles. The summed E-state index contributed by atoms with van der Waals surface area (Å²) in [6.45, 7) is 4.74. The van der Waals surface area contributed by atoms with Crippen LogP contribution in [0.15, 0.2) is 59.4 Å². The Kier molecular flexibility index (Phi) is 10.3. The summed E-state index contributed by atoms with van der Waals surface area (Å²) in [7, 11) is 2.17. The lowest BCUT2D eigenvalue weighted by molar-refractivity contribution is -0.137. The number of ether oxygens (including phenoxy) is 2. The van der Waals surface area contributed by atoms with E-state index in [2.05, 4.69) is 48.5 Å². The molecule has 1 aromatic heterocycles. The Labute approximate surface area is 237 Å². The maximum atomic E-state index is 12.7. The van der Waals surface area contributed by atoms with Crippen molar-refractivity contribution in [1.29, 1.82) is 0 Å². The second-order valence-electron chi connectivity index (χ2n) is 9.54. The molecule has 4 rings (SSSR count). The summed E-state index contributed by atoms with van der Waals surface area (Å²) < 4.78 is 12.0. The van der Waals surface area contributed by atoms with E-state index in [0.29, 0.717) is 40.7 Å². The van der Waals surface area contributed by atoms with E-state index < -0.39 is 11.9 Å². The van der Waals surface area contributed by atoms with Crippen LogP contribution in [0.4, 0.5) is 17.2 Å². The molecule has 206 valence electrons. The van der Waals surface area contributed by atoms with Gasteiger partial charge < -0.3 is 25.0 Å². The number of benzene rings is 2. The zero-order valence-corrected chi connectivity index (χ0v) is 23.9. The van der Waals surface area contributed by atoms with E-state index in [0.717, 1.165) is 48.2 Å². The first-order chi connectivity index (χ1) is 18.9. The predicted octanol–water partition coefficient (Wildman–Crippen LogP) is 5.69. The number of halogens is 1. The smallest absolute Gasteiger partial charge is 0.330 e. The zero-order chi connectivity index (χ0) is 27.6. The highest BCUT2D eigenvalue weighted by molar-refractivity contribution is 9.10. The highest BCUT2D eigenvalue weighted by Gasteiger charge is 2.17. The molecule has 2 heterocycles. The number of piperidine rings is 1. The van der Waals surface area contributed by atoms with Crippen molar-refractivity contribution >= 4 is 55.9 Å². The summed E-state index contributed by atoms with van der Waals surface area (Å²) in [4.78, 5) is 35.6. The summed E-state index contributed by atoms with van der Waals surface area (Å²) in [5.74, 6) is 0.760. The Bertz CT molecular complexity index is 1320. The van der Waals surface area contributed by atoms with E-state index in [1.54, 1.807) is 13.0 Å². The third-order valence-corrected chi connectivity index (χ3v) is 7.08. The van der Waals surface area contributed by atoms with Gasteiger partial charge in [0.15, 0.2) is 0 Å². The molecule has 2 N–H and O–H groups in total. The van der Waals surface area contributed by atoms with Crippen LogP contribution in [0.2, 0.25) is 0 Å². The van der Waals surface area contributed by atoms with Crippen molar-refractivity contribution in [1.82, 2.24) is 14.9 Å². The Hall–Kier alpha value is -3.50. The Morgan fingerprint density at radius 2 is 1.97 bits per heavy atom. The van der Waals surface area contributed by atoms with Crippen LogP contribution in [0, 0.1) is 5.92 Å². The number of aromatic nitrogens is 2. The molecule has 1 amide bonds. The van der Waals surface area contributed by atoms with Crippen LogP contribution in [0.5, 0.6) is 5.75 Å². The van der Waals surface area contributed by atoms with Crippen LogP contribution < -0.4 is 15.4 Å². The third-order valence-electron chi connectivity index (χ3n) is 6.59. The number of nitrogens with zero attached hydrogens (tertiary/aromatic N) is 3. The summed E-state index contributed by atoms with van der Waals surface area (Å²) in [6, 6.07) is 11.3. The van der Waals surface area contributed by atoms with E-state index in [9.17, 15) is 9.59 Å². The highest BCUT2D eigenvalue weighted by Crippen LogP contribution is 2.34. The predicted molar refractivity (Wildman–Crippen MR) is 156 cm³/mol. The number of anilines is 3.